The molecule has 0 aliphatic heterocycles. The van der Waals surface area contributed by atoms with Gasteiger partial charge in [-0.1, -0.05) is 35.3 Å². The third-order valence-corrected chi connectivity index (χ3v) is 3.51. The Kier molecular flexibility index (Phi) is 4.99. The van der Waals surface area contributed by atoms with Crippen LogP contribution in [0.2, 0.25) is 10.0 Å². The van der Waals surface area contributed by atoms with E-state index in [2.05, 4.69) is 10.3 Å². The summed E-state index contributed by atoms with van der Waals surface area (Å²) in [6.07, 6.45) is 3.66. The SMILES string of the molecule is CC(NC(=O)Cc1ccc(Cl)cc1Cl)c1cccnc1. The van der Waals surface area contributed by atoms with Gasteiger partial charge in [-0.25, -0.2) is 0 Å². The normalized spacial score (nSPS) is 11.9. The summed E-state index contributed by atoms with van der Waals surface area (Å²) in [7, 11) is 0. The van der Waals surface area contributed by atoms with Crippen LogP contribution in [0.15, 0.2) is 42.7 Å². The maximum Gasteiger partial charge on any atom is 0.224 e. The number of halogens is 2. The highest BCUT2D eigenvalue weighted by atomic mass is 35.5. The van der Waals surface area contributed by atoms with Gasteiger partial charge in [-0.2, -0.15) is 0 Å². The number of amides is 1. The van der Waals surface area contributed by atoms with Gasteiger partial charge >= 0.3 is 0 Å². The predicted molar refractivity (Wildman–Crippen MR) is 81.0 cm³/mol. The minimum atomic E-state index is -0.0951. The third-order valence-electron chi connectivity index (χ3n) is 2.93. The maximum atomic E-state index is 12.0. The first-order chi connectivity index (χ1) is 9.56. The lowest BCUT2D eigenvalue weighted by Crippen LogP contribution is -2.28. The van der Waals surface area contributed by atoms with Crippen molar-refractivity contribution in [1.29, 1.82) is 0 Å². The molecule has 0 saturated heterocycles. The number of hydrogen-bond acceptors (Lipinski definition) is 2. The molecule has 1 heterocycles. The number of aromatic nitrogens is 1. The van der Waals surface area contributed by atoms with Crippen molar-refractivity contribution in [3.8, 4) is 0 Å². The van der Waals surface area contributed by atoms with Crippen molar-refractivity contribution in [3.05, 3.63) is 63.9 Å². The summed E-state index contributed by atoms with van der Waals surface area (Å²) >= 11 is 11.9. The molecule has 3 nitrogen and oxygen atoms in total. The summed E-state index contributed by atoms with van der Waals surface area (Å²) in [5, 5.41) is 3.98. The van der Waals surface area contributed by atoms with Gasteiger partial charge in [0.05, 0.1) is 12.5 Å². The topological polar surface area (TPSA) is 42.0 Å². The third kappa shape index (κ3) is 3.95. The quantitative estimate of drug-likeness (QED) is 0.933. The largest absolute Gasteiger partial charge is 0.349 e. The Balaban J connectivity index is 1.99. The van der Waals surface area contributed by atoms with Crippen molar-refractivity contribution >= 4 is 29.1 Å². The van der Waals surface area contributed by atoms with Crippen molar-refractivity contribution in [1.82, 2.24) is 10.3 Å². The zero-order valence-corrected chi connectivity index (χ0v) is 12.4. The van der Waals surface area contributed by atoms with E-state index in [-0.39, 0.29) is 18.4 Å². The second-order valence-corrected chi connectivity index (χ2v) is 5.33. The molecule has 2 rings (SSSR count). The van der Waals surface area contributed by atoms with Gasteiger partial charge in [0.2, 0.25) is 5.91 Å². The van der Waals surface area contributed by atoms with Gasteiger partial charge in [0.25, 0.3) is 0 Å². The maximum absolute atomic E-state index is 12.0. The fraction of sp³-hybridized carbons (Fsp3) is 0.200. The standard InChI is InChI=1S/C15H14Cl2N2O/c1-10(12-3-2-6-18-9-12)19-15(20)7-11-4-5-13(16)8-14(11)17/h2-6,8-10H,7H2,1H3,(H,19,20). The van der Waals surface area contributed by atoms with Crippen LogP contribution in [0, 0.1) is 0 Å². The van der Waals surface area contributed by atoms with E-state index < -0.39 is 0 Å². The molecule has 1 aromatic carbocycles. The number of nitrogens with one attached hydrogen (secondary N) is 1. The van der Waals surface area contributed by atoms with Gasteiger partial charge in [0.15, 0.2) is 0 Å². The Hall–Kier alpha value is -1.58. The van der Waals surface area contributed by atoms with Crippen molar-refractivity contribution in [2.45, 2.75) is 19.4 Å². The molecule has 1 amide bonds. The summed E-state index contributed by atoms with van der Waals surface area (Å²) in [6.45, 7) is 1.92. The van der Waals surface area contributed by atoms with Gasteiger partial charge in [-0.3, -0.25) is 9.78 Å². The molecule has 0 saturated carbocycles. The van der Waals surface area contributed by atoms with E-state index in [0.29, 0.717) is 10.0 Å². The number of hydrogen-bond donors (Lipinski definition) is 1. The number of carbonyl (C=O) groups excluding carboxylic acids is 1. The average Bonchev–Trinajstić information content (AvgIpc) is 2.43. The summed E-state index contributed by atoms with van der Waals surface area (Å²) in [5.74, 6) is -0.0921. The molecule has 1 atom stereocenters. The molecular weight excluding hydrogens is 295 g/mol. The minimum absolute atomic E-state index is 0.0921. The van der Waals surface area contributed by atoms with Crippen LogP contribution in [0.1, 0.15) is 24.1 Å². The van der Waals surface area contributed by atoms with Crippen molar-refractivity contribution in [2.75, 3.05) is 0 Å². The number of nitrogens with zero attached hydrogens (tertiary/aromatic N) is 1. The van der Waals surface area contributed by atoms with Crippen LogP contribution < -0.4 is 5.32 Å². The number of benzene rings is 1. The second-order valence-electron chi connectivity index (χ2n) is 4.49. The van der Waals surface area contributed by atoms with Gasteiger partial charge < -0.3 is 5.32 Å². The molecule has 0 spiro atoms. The van der Waals surface area contributed by atoms with Crippen molar-refractivity contribution in [2.24, 2.45) is 0 Å². The first-order valence-electron chi connectivity index (χ1n) is 6.19. The highest BCUT2D eigenvalue weighted by molar-refractivity contribution is 6.35. The molecule has 1 aromatic heterocycles. The number of rotatable bonds is 4. The van der Waals surface area contributed by atoms with Crippen molar-refractivity contribution in [3.63, 3.8) is 0 Å². The zero-order chi connectivity index (χ0) is 14.5. The monoisotopic (exact) mass is 308 g/mol. The van der Waals surface area contributed by atoms with Gasteiger partial charge in [-0.15, -0.1) is 0 Å². The zero-order valence-electron chi connectivity index (χ0n) is 10.9. The molecule has 5 heteroatoms. The smallest absolute Gasteiger partial charge is 0.224 e. The molecule has 0 aliphatic carbocycles. The Labute approximate surface area is 127 Å². The predicted octanol–water partition coefficient (Wildman–Crippen LogP) is 3.81. The molecule has 20 heavy (non-hydrogen) atoms. The lowest BCUT2D eigenvalue weighted by Gasteiger charge is -2.14. The Morgan fingerprint density at radius 3 is 2.80 bits per heavy atom. The van der Waals surface area contributed by atoms with Crippen LogP contribution in [-0.2, 0) is 11.2 Å². The Bertz CT molecular complexity index is 602. The molecule has 1 N–H and O–H groups in total. The van der Waals surface area contributed by atoms with Gasteiger partial charge in [-0.05, 0) is 36.2 Å². The molecule has 0 bridgehead atoms. The van der Waals surface area contributed by atoms with Gasteiger partial charge in [0, 0.05) is 22.4 Å². The second kappa shape index (κ2) is 6.73. The fourth-order valence-corrected chi connectivity index (χ4v) is 2.32. The molecular formula is C15H14Cl2N2O. The summed E-state index contributed by atoms with van der Waals surface area (Å²) in [6, 6.07) is 8.79. The van der Waals surface area contributed by atoms with Crippen LogP contribution in [0.5, 0.6) is 0 Å². The molecule has 1 unspecified atom stereocenters. The lowest BCUT2D eigenvalue weighted by molar-refractivity contribution is -0.121. The van der Waals surface area contributed by atoms with E-state index in [4.69, 9.17) is 23.2 Å². The van der Waals surface area contributed by atoms with Crippen LogP contribution in [0.4, 0.5) is 0 Å². The van der Waals surface area contributed by atoms with E-state index in [1.807, 2.05) is 19.1 Å². The highest BCUT2D eigenvalue weighted by Gasteiger charge is 2.12. The number of pyridine rings is 1. The number of carbonyl (C=O) groups is 1. The Morgan fingerprint density at radius 2 is 2.15 bits per heavy atom. The Morgan fingerprint density at radius 1 is 1.35 bits per heavy atom. The molecule has 2 aromatic rings. The van der Waals surface area contributed by atoms with Crippen LogP contribution in [-0.4, -0.2) is 10.9 Å². The van der Waals surface area contributed by atoms with E-state index in [9.17, 15) is 4.79 Å². The molecule has 0 radical (unpaired) electrons. The fourth-order valence-electron chi connectivity index (χ4n) is 1.85. The van der Waals surface area contributed by atoms with Gasteiger partial charge in [0.1, 0.15) is 0 Å². The van der Waals surface area contributed by atoms with Crippen LogP contribution in [0.25, 0.3) is 0 Å². The summed E-state index contributed by atoms with van der Waals surface area (Å²) in [4.78, 5) is 16.0. The lowest BCUT2D eigenvalue weighted by atomic mass is 10.1. The molecule has 0 fully saturated rings. The highest BCUT2D eigenvalue weighted by Crippen LogP contribution is 2.21. The molecule has 0 aliphatic rings. The van der Waals surface area contributed by atoms with Crippen LogP contribution >= 0.6 is 23.2 Å². The minimum Gasteiger partial charge on any atom is -0.349 e. The van der Waals surface area contributed by atoms with Crippen molar-refractivity contribution < 1.29 is 4.79 Å². The van der Waals surface area contributed by atoms with E-state index in [1.54, 1.807) is 30.6 Å². The van der Waals surface area contributed by atoms with E-state index in [0.717, 1.165) is 11.1 Å². The summed E-state index contributed by atoms with van der Waals surface area (Å²) in [5.41, 5.74) is 1.72. The average molecular weight is 309 g/mol. The van der Waals surface area contributed by atoms with E-state index >= 15 is 0 Å². The van der Waals surface area contributed by atoms with Crippen LogP contribution in [0.3, 0.4) is 0 Å². The molecule has 104 valence electrons. The first kappa shape index (κ1) is 14.8. The van der Waals surface area contributed by atoms with E-state index in [1.165, 1.54) is 0 Å². The first-order valence-corrected chi connectivity index (χ1v) is 6.95. The summed E-state index contributed by atoms with van der Waals surface area (Å²) < 4.78 is 0.